The van der Waals surface area contributed by atoms with E-state index in [9.17, 15) is 13.2 Å². The Bertz CT molecular complexity index is 374. The molecule has 1 aromatic rings. The Morgan fingerprint density at radius 3 is 2.47 bits per heavy atom. The van der Waals surface area contributed by atoms with Crippen LogP contribution in [-0.4, -0.2) is 32.0 Å². The first-order chi connectivity index (χ1) is 8.10. The van der Waals surface area contributed by atoms with E-state index in [1.807, 2.05) is 0 Å². The molecular weight excluding hydrogens is 235 g/mol. The van der Waals surface area contributed by atoms with Crippen molar-refractivity contribution in [1.29, 1.82) is 0 Å². The number of methoxy groups -OCH3 is 1. The van der Waals surface area contributed by atoms with Gasteiger partial charge in [0.15, 0.2) is 11.6 Å². The maximum Gasteiger partial charge on any atom is 0.161 e. The SMILES string of the molecule is COCCNC(CO)c1cc(F)c(F)cc1F. The predicted octanol–water partition coefficient (Wildman–Crippen LogP) is 1.37. The van der Waals surface area contributed by atoms with E-state index in [4.69, 9.17) is 9.84 Å². The molecule has 0 amide bonds. The van der Waals surface area contributed by atoms with E-state index in [1.54, 1.807) is 0 Å². The molecule has 0 aliphatic rings. The molecule has 1 rings (SSSR count). The molecule has 3 nitrogen and oxygen atoms in total. The third kappa shape index (κ3) is 3.69. The van der Waals surface area contributed by atoms with Crippen LogP contribution in [0.5, 0.6) is 0 Å². The fourth-order valence-electron chi connectivity index (χ4n) is 1.41. The molecule has 6 heteroatoms. The smallest absolute Gasteiger partial charge is 0.161 e. The van der Waals surface area contributed by atoms with Crippen molar-refractivity contribution in [3.05, 3.63) is 35.1 Å². The summed E-state index contributed by atoms with van der Waals surface area (Å²) in [5, 5.41) is 11.8. The lowest BCUT2D eigenvalue weighted by Crippen LogP contribution is -2.28. The van der Waals surface area contributed by atoms with Gasteiger partial charge in [0.25, 0.3) is 0 Å². The van der Waals surface area contributed by atoms with Gasteiger partial charge in [-0.25, -0.2) is 13.2 Å². The van der Waals surface area contributed by atoms with Crippen molar-refractivity contribution in [2.24, 2.45) is 0 Å². The number of ether oxygens (including phenoxy) is 1. The van der Waals surface area contributed by atoms with Crippen LogP contribution in [0.1, 0.15) is 11.6 Å². The first-order valence-electron chi connectivity index (χ1n) is 5.07. The maximum atomic E-state index is 13.4. The standard InChI is InChI=1S/C11H14F3NO2/c1-17-3-2-15-11(6-16)7-4-9(13)10(14)5-8(7)12/h4-5,11,15-16H,2-3,6H2,1H3. The number of hydrogen-bond donors (Lipinski definition) is 2. The average Bonchev–Trinajstić information content (AvgIpc) is 2.30. The van der Waals surface area contributed by atoms with Gasteiger partial charge >= 0.3 is 0 Å². The van der Waals surface area contributed by atoms with Gasteiger partial charge in [0.05, 0.1) is 19.3 Å². The minimum absolute atomic E-state index is 0.109. The molecule has 0 aliphatic heterocycles. The van der Waals surface area contributed by atoms with Crippen molar-refractivity contribution in [2.75, 3.05) is 26.9 Å². The third-order valence-electron chi connectivity index (χ3n) is 2.29. The van der Waals surface area contributed by atoms with Crippen molar-refractivity contribution in [1.82, 2.24) is 5.32 Å². The third-order valence-corrected chi connectivity index (χ3v) is 2.29. The highest BCUT2D eigenvalue weighted by Gasteiger charge is 2.17. The molecule has 96 valence electrons. The van der Waals surface area contributed by atoms with E-state index < -0.39 is 30.1 Å². The lowest BCUT2D eigenvalue weighted by Gasteiger charge is -2.17. The summed E-state index contributed by atoms with van der Waals surface area (Å²) in [6, 6.07) is 0.414. The zero-order valence-electron chi connectivity index (χ0n) is 9.34. The predicted molar refractivity (Wildman–Crippen MR) is 56.0 cm³/mol. The summed E-state index contributed by atoms with van der Waals surface area (Å²) in [6.45, 7) is 0.299. The average molecular weight is 249 g/mol. The Morgan fingerprint density at radius 1 is 1.24 bits per heavy atom. The van der Waals surface area contributed by atoms with Crippen LogP contribution < -0.4 is 5.32 Å². The minimum atomic E-state index is -1.25. The molecule has 0 fully saturated rings. The van der Waals surface area contributed by atoms with Crippen molar-refractivity contribution >= 4 is 0 Å². The Kier molecular flexibility index (Phi) is 5.40. The number of nitrogens with one attached hydrogen (secondary N) is 1. The van der Waals surface area contributed by atoms with E-state index in [1.165, 1.54) is 7.11 Å². The fourth-order valence-corrected chi connectivity index (χ4v) is 1.41. The van der Waals surface area contributed by atoms with Gasteiger partial charge in [0.2, 0.25) is 0 Å². The molecule has 0 radical (unpaired) electrons. The highest BCUT2D eigenvalue weighted by atomic mass is 19.2. The zero-order valence-corrected chi connectivity index (χ0v) is 9.34. The van der Waals surface area contributed by atoms with Gasteiger partial charge in [-0.2, -0.15) is 0 Å². The van der Waals surface area contributed by atoms with Crippen molar-refractivity contribution < 1.29 is 23.0 Å². The summed E-state index contributed by atoms with van der Waals surface area (Å²) in [6.07, 6.45) is 0. The first-order valence-corrected chi connectivity index (χ1v) is 5.07. The normalized spacial score (nSPS) is 12.8. The lowest BCUT2D eigenvalue weighted by atomic mass is 10.1. The van der Waals surface area contributed by atoms with Gasteiger partial charge in [-0.05, 0) is 6.07 Å². The Morgan fingerprint density at radius 2 is 1.88 bits per heavy atom. The van der Waals surface area contributed by atoms with E-state index >= 15 is 0 Å². The van der Waals surface area contributed by atoms with Crippen molar-refractivity contribution in [3.63, 3.8) is 0 Å². The molecule has 2 N–H and O–H groups in total. The summed E-state index contributed by atoms with van der Waals surface area (Å²) < 4.78 is 43.8. The first kappa shape index (κ1) is 14.0. The topological polar surface area (TPSA) is 41.5 Å². The Balaban J connectivity index is 2.84. The monoisotopic (exact) mass is 249 g/mol. The summed E-state index contributed by atoms with van der Waals surface area (Å²) in [5.74, 6) is -3.29. The van der Waals surface area contributed by atoms with Gasteiger partial charge in [0, 0.05) is 25.3 Å². The summed E-state index contributed by atoms with van der Waals surface area (Å²) >= 11 is 0. The summed E-state index contributed by atoms with van der Waals surface area (Å²) in [7, 11) is 1.49. The lowest BCUT2D eigenvalue weighted by molar-refractivity contribution is 0.183. The fraction of sp³-hybridized carbons (Fsp3) is 0.455. The molecule has 0 aliphatic carbocycles. The van der Waals surface area contributed by atoms with Gasteiger partial charge in [-0.15, -0.1) is 0 Å². The molecule has 1 atom stereocenters. The molecule has 17 heavy (non-hydrogen) atoms. The second-order valence-corrected chi connectivity index (χ2v) is 3.47. The van der Waals surface area contributed by atoms with Crippen LogP contribution in [-0.2, 0) is 4.74 Å². The number of aliphatic hydroxyl groups is 1. The molecule has 0 saturated heterocycles. The maximum absolute atomic E-state index is 13.4. The molecule has 1 aromatic carbocycles. The molecule has 0 spiro atoms. The number of hydrogen-bond acceptors (Lipinski definition) is 3. The highest BCUT2D eigenvalue weighted by molar-refractivity contribution is 5.23. The minimum Gasteiger partial charge on any atom is -0.394 e. The molecular formula is C11H14F3NO2. The van der Waals surface area contributed by atoms with Crippen molar-refractivity contribution in [3.8, 4) is 0 Å². The van der Waals surface area contributed by atoms with E-state index in [-0.39, 0.29) is 5.56 Å². The van der Waals surface area contributed by atoms with Gasteiger partial charge in [-0.1, -0.05) is 0 Å². The number of halogens is 3. The van der Waals surface area contributed by atoms with Crippen LogP contribution in [0.4, 0.5) is 13.2 Å². The molecule has 0 heterocycles. The van der Waals surface area contributed by atoms with E-state index in [2.05, 4.69) is 5.32 Å². The number of aliphatic hydroxyl groups excluding tert-OH is 1. The van der Waals surface area contributed by atoms with E-state index in [0.29, 0.717) is 19.2 Å². The Labute approximate surface area is 97.2 Å². The second kappa shape index (κ2) is 6.58. The summed E-state index contributed by atoms with van der Waals surface area (Å²) in [4.78, 5) is 0. The zero-order chi connectivity index (χ0) is 12.8. The van der Waals surface area contributed by atoms with E-state index in [0.717, 1.165) is 6.07 Å². The molecule has 1 unspecified atom stereocenters. The van der Waals surface area contributed by atoms with Crippen molar-refractivity contribution in [2.45, 2.75) is 6.04 Å². The van der Waals surface area contributed by atoms with Crippen LogP contribution in [0.3, 0.4) is 0 Å². The van der Waals surface area contributed by atoms with Gasteiger partial charge < -0.3 is 15.2 Å². The van der Waals surface area contributed by atoms with Crippen LogP contribution >= 0.6 is 0 Å². The van der Waals surface area contributed by atoms with Crippen LogP contribution in [0.2, 0.25) is 0 Å². The quantitative estimate of drug-likeness (QED) is 0.591. The van der Waals surface area contributed by atoms with Crippen LogP contribution in [0.25, 0.3) is 0 Å². The molecule has 0 saturated carbocycles. The van der Waals surface area contributed by atoms with Gasteiger partial charge in [-0.3, -0.25) is 0 Å². The van der Waals surface area contributed by atoms with Gasteiger partial charge in [0.1, 0.15) is 5.82 Å². The summed E-state index contributed by atoms with van der Waals surface area (Å²) in [5.41, 5.74) is -0.109. The van der Waals surface area contributed by atoms with Crippen LogP contribution in [0.15, 0.2) is 12.1 Å². The second-order valence-electron chi connectivity index (χ2n) is 3.47. The molecule has 0 bridgehead atoms. The molecule has 0 aromatic heterocycles. The Hall–Kier alpha value is -1.11. The van der Waals surface area contributed by atoms with Crippen LogP contribution in [0, 0.1) is 17.5 Å². The number of benzene rings is 1. The number of rotatable bonds is 6. The largest absolute Gasteiger partial charge is 0.394 e. The highest BCUT2D eigenvalue weighted by Crippen LogP contribution is 2.20.